The Labute approximate surface area is 131 Å². The summed E-state index contributed by atoms with van der Waals surface area (Å²) in [6.07, 6.45) is 0. The quantitative estimate of drug-likeness (QED) is 0.587. The molecule has 3 rings (SSSR count). The van der Waals surface area contributed by atoms with Crippen molar-refractivity contribution in [3.63, 3.8) is 0 Å². The van der Waals surface area contributed by atoms with Crippen molar-refractivity contribution in [2.45, 2.75) is 0 Å². The molecule has 0 atom stereocenters. The minimum Gasteiger partial charge on any atom is -0.395 e. The van der Waals surface area contributed by atoms with Gasteiger partial charge in [-0.3, -0.25) is 0 Å². The smallest absolute Gasteiger partial charge is 0.106 e. The van der Waals surface area contributed by atoms with Gasteiger partial charge >= 0.3 is 0 Å². The SMILES string of the molecule is Nc1c(Nc2c(Br)cccc2Br)ccc2scnc12. The van der Waals surface area contributed by atoms with Crippen LogP contribution >= 0.6 is 43.2 Å². The third kappa shape index (κ3) is 2.35. The first-order valence-electron chi connectivity index (χ1n) is 5.49. The Morgan fingerprint density at radius 2 is 1.84 bits per heavy atom. The van der Waals surface area contributed by atoms with E-state index in [9.17, 15) is 0 Å². The number of para-hydroxylation sites is 1. The summed E-state index contributed by atoms with van der Waals surface area (Å²) in [6.45, 7) is 0. The molecule has 0 aliphatic rings. The van der Waals surface area contributed by atoms with Gasteiger partial charge in [-0.05, 0) is 56.1 Å². The first-order chi connectivity index (χ1) is 9.16. The van der Waals surface area contributed by atoms with Crippen molar-refractivity contribution in [3.05, 3.63) is 44.8 Å². The minimum atomic E-state index is 0.668. The molecule has 0 aliphatic carbocycles. The van der Waals surface area contributed by atoms with Gasteiger partial charge in [0.2, 0.25) is 0 Å². The Kier molecular flexibility index (Phi) is 3.47. The van der Waals surface area contributed by atoms with Gasteiger partial charge in [0.15, 0.2) is 0 Å². The van der Waals surface area contributed by atoms with E-state index < -0.39 is 0 Å². The van der Waals surface area contributed by atoms with Crippen LogP contribution in [0.25, 0.3) is 10.2 Å². The second-order valence-corrected chi connectivity index (χ2v) is 6.54. The van der Waals surface area contributed by atoms with Crippen LogP contribution in [0.3, 0.4) is 0 Å². The number of rotatable bonds is 2. The third-order valence-electron chi connectivity index (χ3n) is 2.76. The first-order valence-corrected chi connectivity index (χ1v) is 7.96. The number of thiazole rings is 1. The standard InChI is InChI=1S/C13H9Br2N3S/c14-7-2-1-3-8(15)12(7)18-9-4-5-10-13(11(9)16)17-6-19-10/h1-6,18H,16H2. The summed E-state index contributed by atoms with van der Waals surface area (Å²) in [5, 5.41) is 3.34. The lowest BCUT2D eigenvalue weighted by Crippen LogP contribution is -1.98. The molecule has 3 N–H and O–H groups in total. The van der Waals surface area contributed by atoms with Gasteiger partial charge in [0.05, 0.1) is 27.3 Å². The highest BCUT2D eigenvalue weighted by molar-refractivity contribution is 9.11. The third-order valence-corrected chi connectivity index (χ3v) is 4.88. The largest absolute Gasteiger partial charge is 0.395 e. The molecule has 0 aliphatic heterocycles. The van der Waals surface area contributed by atoms with Crippen LogP contribution in [0.4, 0.5) is 17.1 Å². The molecule has 96 valence electrons. The number of nitrogens with zero attached hydrogens (tertiary/aromatic N) is 1. The lowest BCUT2D eigenvalue weighted by molar-refractivity contribution is 1.47. The van der Waals surface area contributed by atoms with Crippen LogP contribution in [0.2, 0.25) is 0 Å². The normalized spacial score (nSPS) is 10.8. The maximum Gasteiger partial charge on any atom is 0.106 e. The number of hydrogen-bond acceptors (Lipinski definition) is 4. The van der Waals surface area contributed by atoms with Crippen molar-refractivity contribution in [1.82, 2.24) is 4.98 Å². The molecule has 0 unspecified atom stereocenters. The number of hydrogen-bond donors (Lipinski definition) is 2. The predicted molar refractivity (Wildman–Crippen MR) is 89.2 cm³/mol. The van der Waals surface area contributed by atoms with Crippen LogP contribution in [-0.2, 0) is 0 Å². The van der Waals surface area contributed by atoms with Crippen molar-refractivity contribution in [3.8, 4) is 0 Å². The van der Waals surface area contributed by atoms with Gasteiger partial charge in [-0.25, -0.2) is 4.98 Å². The molecule has 1 aromatic heterocycles. The second kappa shape index (κ2) is 5.11. The maximum atomic E-state index is 6.16. The minimum absolute atomic E-state index is 0.668. The number of halogens is 2. The second-order valence-electron chi connectivity index (χ2n) is 3.95. The summed E-state index contributed by atoms with van der Waals surface area (Å²) in [7, 11) is 0. The number of nitrogen functional groups attached to an aromatic ring is 1. The van der Waals surface area contributed by atoms with E-state index in [0.717, 1.165) is 30.5 Å². The Bertz CT molecular complexity index is 734. The molecule has 0 fully saturated rings. The van der Waals surface area contributed by atoms with Gasteiger partial charge in [0, 0.05) is 8.95 Å². The number of nitrogens with two attached hydrogens (primary N) is 1. The van der Waals surface area contributed by atoms with E-state index in [2.05, 4.69) is 42.2 Å². The Balaban J connectivity index is 2.08. The molecule has 3 aromatic rings. The van der Waals surface area contributed by atoms with Crippen molar-refractivity contribution in [2.75, 3.05) is 11.1 Å². The lowest BCUT2D eigenvalue weighted by Gasteiger charge is -2.12. The van der Waals surface area contributed by atoms with Gasteiger partial charge in [-0.15, -0.1) is 11.3 Å². The van der Waals surface area contributed by atoms with Crippen molar-refractivity contribution >= 4 is 70.5 Å². The van der Waals surface area contributed by atoms with Crippen molar-refractivity contribution in [1.29, 1.82) is 0 Å². The van der Waals surface area contributed by atoms with E-state index in [-0.39, 0.29) is 0 Å². The number of fused-ring (bicyclic) bond motifs is 1. The molecule has 6 heteroatoms. The summed E-state index contributed by atoms with van der Waals surface area (Å²) in [5.41, 5.74) is 11.3. The molecule has 0 saturated heterocycles. The van der Waals surface area contributed by atoms with E-state index >= 15 is 0 Å². The topological polar surface area (TPSA) is 50.9 Å². The van der Waals surface area contributed by atoms with Crippen molar-refractivity contribution < 1.29 is 0 Å². The zero-order chi connectivity index (χ0) is 13.4. The Morgan fingerprint density at radius 3 is 2.58 bits per heavy atom. The van der Waals surface area contributed by atoms with E-state index in [1.807, 2.05) is 30.3 Å². The zero-order valence-electron chi connectivity index (χ0n) is 9.65. The lowest BCUT2D eigenvalue weighted by atomic mass is 10.2. The van der Waals surface area contributed by atoms with Gasteiger partial charge in [-0.2, -0.15) is 0 Å². The van der Waals surface area contributed by atoms with Crippen molar-refractivity contribution in [2.24, 2.45) is 0 Å². The fraction of sp³-hybridized carbons (Fsp3) is 0. The molecule has 2 aromatic carbocycles. The summed E-state index contributed by atoms with van der Waals surface area (Å²) in [6, 6.07) is 9.92. The fourth-order valence-corrected chi connectivity index (χ4v) is 3.70. The fourth-order valence-electron chi connectivity index (χ4n) is 1.81. The number of benzene rings is 2. The van der Waals surface area contributed by atoms with Crippen LogP contribution in [0.1, 0.15) is 0 Å². The highest BCUT2D eigenvalue weighted by Gasteiger charge is 2.10. The molecule has 0 radical (unpaired) electrons. The van der Waals surface area contributed by atoms with Gasteiger partial charge in [0.25, 0.3) is 0 Å². The predicted octanol–water partition coefficient (Wildman–Crippen LogP) is 5.15. The molecule has 3 nitrogen and oxygen atoms in total. The highest BCUT2D eigenvalue weighted by Crippen LogP contribution is 2.37. The average molecular weight is 399 g/mol. The summed E-state index contributed by atoms with van der Waals surface area (Å²) < 4.78 is 3.04. The summed E-state index contributed by atoms with van der Waals surface area (Å²) >= 11 is 8.63. The van der Waals surface area contributed by atoms with Crippen LogP contribution in [0.15, 0.2) is 44.8 Å². The molecule has 0 bridgehead atoms. The van der Waals surface area contributed by atoms with Gasteiger partial charge in [-0.1, -0.05) is 6.07 Å². The Morgan fingerprint density at radius 1 is 1.11 bits per heavy atom. The number of nitrogens with one attached hydrogen (secondary N) is 1. The molecule has 1 heterocycles. The highest BCUT2D eigenvalue weighted by atomic mass is 79.9. The molecular formula is C13H9Br2N3S. The van der Waals surface area contributed by atoms with Crippen LogP contribution in [0.5, 0.6) is 0 Å². The molecular weight excluding hydrogens is 390 g/mol. The van der Waals surface area contributed by atoms with Gasteiger partial charge < -0.3 is 11.1 Å². The van der Waals surface area contributed by atoms with E-state index in [1.54, 1.807) is 16.8 Å². The number of aromatic nitrogens is 1. The molecule has 19 heavy (non-hydrogen) atoms. The van der Waals surface area contributed by atoms with Crippen LogP contribution in [0, 0.1) is 0 Å². The molecule has 0 saturated carbocycles. The molecule has 0 spiro atoms. The molecule has 0 amide bonds. The number of anilines is 3. The summed E-state index contributed by atoms with van der Waals surface area (Å²) in [4.78, 5) is 4.30. The van der Waals surface area contributed by atoms with E-state index in [0.29, 0.717) is 5.69 Å². The maximum absolute atomic E-state index is 6.16. The first kappa shape index (κ1) is 12.9. The average Bonchev–Trinajstić information content (AvgIpc) is 2.85. The van der Waals surface area contributed by atoms with E-state index in [4.69, 9.17) is 5.73 Å². The monoisotopic (exact) mass is 397 g/mol. The zero-order valence-corrected chi connectivity index (χ0v) is 13.6. The Hall–Kier alpha value is -1.11. The van der Waals surface area contributed by atoms with Crippen LogP contribution < -0.4 is 11.1 Å². The van der Waals surface area contributed by atoms with E-state index in [1.165, 1.54) is 0 Å². The summed E-state index contributed by atoms with van der Waals surface area (Å²) in [5.74, 6) is 0. The van der Waals surface area contributed by atoms with Crippen LogP contribution in [-0.4, -0.2) is 4.98 Å². The van der Waals surface area contributed by atoms with Gasteiger partial charge in [0.1, 0.15) is 5.52 Å².